The van der Waals surface area contributed by atoms with E-state index < -0.39 is 0 Å². The van der Waals surface area contributed by atoms with Gasteiger partial charge in [-0.2, -0.15) is 0 Å². The molecule has 1 N–H and O–H groups in total. The fraction of sp³-hybridized carbons (Fsp3) is 0.538. The number of benzene rings is 1. The van der Waals surface area contributed by atoms with Gasteiger partial charge in [0.2, 0.25) is 0 Å². The molecule has 2 rings (SSSR count). The van der Waals surface area contributed by atoms with E-state index in [0.29, 0.717) is 10.4 Å². The summed E-state index contributed by atoms with van der Waals surface area (Å²) in [5.74, 6) is 0.313. The molecule has 1 aliphatic rings. The molecule has 0 bridgehead atoms. The molecule has 1 unspecified atom stereocenters. The lowest BCUT2D eigenvalue weighted by Gasteiger charge is -2.23. The maximum Gasteiger partial charge on any atom is 0.139 e. The Balaban J connectivity index is 1.96. The number of halogens is 2. The second kappa shape index (κ2) is 5.83. The van der Waals surface area contributed by atoms with Crippen molar-refractivity contribution in [3.05, 3.63) is 28.0 Å². The predicted octanol–water partition coefficient (Wildman–Crippen LogP) is 3.74. The third kappa shape index (κ3) is 3.42. The molecule has 1 atom stereocenters. The van der Waals surface area contributed by atoms with E-state index in [1.54, 1.807) is 12.1 Å². The van der Waals surface area contributed by atoms with Crippen molar-refractivity contribution in [2.24, 2.45) is 5.92 Å². The number of ether oxygens (including phenoxy) is 1. The molecule has 0 saturated carbocycles. The number of anilines is 1. The van der Waals surface area contributed by atoms with E-state index in [2.05, 4.69) is 21.2 Å². The summed E-state index contributed by atoms with van der Waals surface area (Å²) in [6, 6.07) is 3.35. The fourth-order valence-electron chi connectivity index (χ4n) is 2.06. The van der Waals surface area contributed by atoms with E-state index in [9.17, 15) is 4.39 Å². The molecule has 1 aromatic rings. The molecule has 0 aliphatic carbocycles. The zero-order chi connectivity index (χ0) is 12.3. The lowest BCUT2D eigenvalue weighted by molar-refractivity contribution is 0.0595. The number of rotatable bonds is 3. The largest absolute Gasteiger partial charge is 0.384 e. The SMILES string of the molecule is Cc1cc(Br)c(F)cc1NCC1CCCOC1. The van der Waals surface area contributed by atoms with Crippen LogP contribution in [0.1, 0.15) is 18.4 Å². The van der Waals surface area contributed by atoms with Gasteiger partial charge in [-0.3, -0.25) is 0 Å². The summed E-state index contributed by atoms with van der Waals surface area (Å²) in [4.78, 5) is 0. The van der Waals surface area contributed by atoms with Crippen LogP contribution in [0.2, 0.25) is 0 Å². The first kappa shape index (κ1) is 12.8. The van der Waals surface area contributed by atoms with Crippen molar-refractivity contribution in [1.82, 2.24) is 0 Å². The Bertz CT molecular complexity index is 391. The minimum atomic E-state index is -0.224. The molecule has 2 nitrogen and oxygen atoms in total. The van der Waals surface area contributed by atoms with E-state index >= 15 is 0 Å². The lowest BCUT2D eigenvalue weighted by atomic mass is 10.0. The number of aryl methyl sites for hydroxylation is 1. The van der Waals surface area contributed by atoms with Crippen LogP contribution in [0.5, 0.6) is 0 Å². The maximum absolute atomic E-state index is 13.4. The van der Waals surface area contributed by atoms with Crippen LogP contribution in [-0.4, -0.2) is 19.8 Å². The van der Waals surface area contributed by atoms with E-state index in [1.165, 1.54) is 6.42 Å². The first-order chi connectivity index (χ1) is 8.16. The Morgan fingerprint density at radius 2 is 2.35 bits per heavy atom. The molecular formula is C13H17BrFNO. The normalized spacial score (nSPS) is 20.3. The Hall–Kier alpha value is -0.610. The zero-order valence-corrected chi connectivity index (χ0v) is 11.5. The van der Waals surface area contributed by atoms with E-state index in [4.69, 9.17) is 4.74 Å². The maximum atomic E-state index is 13.4. The molecule has 0 spiro atoms. The Morgan fingerprint density at radius 3 is 3.06 bits per heavy atom. The van der Waals surface area contributed by atoms with Gasteiger partial charge in [0.1, 0.15) is 5.82 Å². The minimum Gasteiger partial charge on any atom is -0.384 e. The summed E-state index contributed by atoms with van der Waals surface area (Å²) < 4.78 is 19.4. The summed E-state index contributed by atoms with van der Waals surface area (Å²) in [6.45, 7) is 4.51. The van der Waals surface area contributed by atoms with Crippen LogP contribution in [0.4, 0.5) is 10.1 Å². The highest BCUT2D eigenvalue weighted by Crippen LogP contribution is 2.24. The fourth-order valence-corrected chi connectivity index (χ4v) is 2.52. The highest BCUT2D eigenvalue weighted by Gasteiger charge is 2.14. The van der Waals surface area contributed by atoms with Crippen LogP contribution in [0.25, 0.3) is 0 Å². The van der Waals surface area contributed by atoms with Crippen molar-refractivity contribution < 1.29 is 9.13 Å². The molecule has 1 heterocycles. The summed E-state index contributed by atoms with van der Waals surface area (Å²) in [5, 5.41) is 3.31. The molecule has 0 aromatic heterocycles. The summed E-state index contributed by atoms with van der Waals surface area (Å²) in [7, 11) is 0. The third-order valence-corrected chi connectivity index (χ3v) is 3.71. The Labute approximate surface area is 110 Å². The summed E-state index contributed by atoms with van der Waals surface area (Å²) in [5.41, 5.74) is 1.92. The first-order valence-electron chi connectivity index (χ1n) is 5.94. The molecule has 1 fully saturated rings. The molecule has 94 valence electrons. The molecule has 0 amide bonds. The highest BCUT2D eigenvalue weighted by atomic mass is 79.9. The zero-order valence-electron chi connectivity index (χ0n) is 9.93. The molecule has 1 aromatic carbocycles. The highest BCUT2D eigenvalue weighted by molar-refractivity contribution is 9.10. The molecule has 4 heteroatoms. The Morgan fingerprint density at radius 1 is 1.53 bits per heavy atom. The topological polar surface area (TPSA) is 21.3 Å². The molecule has 1 saturated heterocycles. The average Bonchev–Trinajstić information content (AvgIpc) is 2.33. The number of hydrogen-bond donors (Lipinski definition) is 1. The lowest BCUT2D eigenvalue weighted by Crippen LogP contribution is -2.24. The van der Waals surface area contributed by atoms with Gasteiger partial charge in [0.15, 0.2) is 0 Å². The van der Waals surface area contributed by atoms with Crippen molar-refractivity contribution in [2.75, 3.05) is 25.1 Å². The van der Waals surface area contributed by atoms with Crippen molar-refractivity contribution in [1.29, 1.82) is 0 Å². The van der Waals surface area contributed by atoms with Crippen LogP contribution in [0.3, 0.4) is 0 Å². The van der Waals surface area contributed by atoms with E-state index in [-0.39, 0.29) is 5.82 Å². The number of hydrogen-bond acceptors (Lipinski definition) is 2. The van der Waals surface area contributed by atoms with Crippen LogP contribution < -0.4 is 5.32 Å². The Kier molecular flexibility index (Phi) is 4.40. The van der Waals surface area contributed by atoms with Gasteiger partial charge in [-0.1, -0.05) is 0 Å². The minimum absolute atomic E-state index is 0.224. The van der Waals surface area contributed by atoms with Gasteiger partial charge >= 0.3 is 0 Å². The summed E-state index contributed by atoms with van der Waals surface area (Å²) in [6.07, 6.45) is 2.31. The van der Waals surface area contributed by atoms with E-state index in [1.807, 2.05) is 6.92 Å². The van der Waals surface area contributed by atoms with E-state index in [0.717, 1.165) is 37.4 Å². The van der Waals surface area contributed by atoms with Gasteiger partial charge in [0.25, 0.3) is 0 Å². The van der Waals surface area contributed by atoms with Gasteiger partial charge in [-0.25, -0.2) is 4.39 Å². The standard InChI is InChI=1S/C13H17BrFNO/c1-9-5-11(14)12(15)6-13(9)16-7-10-3-2-4-17-8-10/h5-6,10,16H,2-4,7-8H2,1H3. The van der Waals surface area contributed by atoms with Crippen LogP contribution in [0, 0.1) is 18.7 Å². The van der Waals surface area contributed by atoms with Crippen molar-refractivity contribution in [3.8, 4) is 0 Å². The molecule has 1 aliphatic heterocycles. The monoisotopic (exact) mass is 301 g/mol. The van der Waals surface area contributed by atoms with Crippen LogP contribution >= 0.6 is 15.9 Å². The van der Waals surface area contributed by atoms with Gasteiger partial charge in [-0.15, -0.1) is 0 Å². The van der Waals surface area contributed by atoms with Gasteiger partial charge < -0.3 is 10.1 Å². The van der Waals surface area contributed by atoms with Crippen LogP contribution in [-0.2, 0) is 4.74 Å². The van der Waals surface area contributed by atoms with Gasteiger partial charge in [-0.05, 0) is 59.3 Å². The van der Waals surface area contributed by atoms with Gasteiger partial charge in [0.05, 0.1) is 11.1 Å². The second-order valence-corrected chi connectivity index (χ2v) is 5.40. The van der Waals surface area contributed by atoms with Crippen molar-refractivity contribution in [2.45, 2.75) is 19.8 Å². The van der Waals surface area contributed by atoms with Crippen molar-refractivity contribution >= 4 is 21.6 Å². The molecule has 17 heavy (non-hydrogen) atoms. The third-order valence-electron chi connectivity index (χ3n) is 3.10. The number of nitrogens with one attached hydrogen (secondary N) is 1. The quantitative estimate of drug-likeness (QED) is 0.918. The van der Waals surface area contributed by atoms with Crippen LogP contribution in [0.15, 0.2) is 16.6 Å². The molecular weight excluding hydrogens is 285 g/mol. The molecule has 0 radical (unpaired) electrons. The predicted molar refractivity (Wildman–Crippen MR) is 70.9 cm³/mol. The first-order valence-corrected chi connectivity index (χ1v) is 6.73. The van der Waals surface area contributed by atoms with Crippen molar-refractivity contribution in [3.63, 3.8) is 0 Å². The second-order valence-electron chi connectivity index (χ2n) is 4.55. The summed E-state index contributed by atoms with van der Waals surface area (Å²) >= 11 is 3.19. The average molecular weight is 302 g/mol. The smallest absolute Gasteiger partial charge is 0.139 e. The van der Waals surface area contributed by atoms with Gasteiger partial charge in [0, 0.05) is 18.8 Å².